The van der Waals surface area contributed by atoms with Gasteiger partial charge >= 0.3 is 0 Å². The standard InChI is InChI=1S/C16H26N2O2S/c1-5-11-7-8-21-12(11)10-18-14(19)16(17)9-13(20-6-2)15(16,3)4/h7-8,13H,5-6,9-10,17H2,1-4H3,(H,18,19). The van der Waals surface area contributed by atoms with E-state index in [1.807, 2.05) is 20.8 Å². The first-order chi connectivity index (χ1) is 9.86. The molecule has 21 heavy (non-hydrogen) atoms. The van der Waals surface area contributed by atoms with Crippen molar-refractivity contribution >= 4 is 17.2 Å². The molecule has 0 aromatic carbocycles. The van der Waals surface area contributed by atoms with Gasteiger partial charge in [0.1, 0.15) is 5.54 Å². The van der Waals surface area contributed by atoms with Crippen LogP contribution < -0.4 is 11.1 Å². The van der Waals surface area contributed by atoms with E-state index in [2.05, 4.69) is 23.7 Å². The first-order valence-electron chi connectivity index (χ1n) is 7.60. The Kier molecular flexibility index (Phi) is 4.76. The summed E-state index contributed by atoms with van der Waals surface area (Å²) in [6.07, 6.45) is 1.64. The monoisotopic (exact) mass is 310 g/mol. The fourth-order valence-electron chi connectivity index (χ4n) is 2.98. The predicted octanol–water partition coefficient (Wildman–Crippen LogP) is 2.46. The van der Waals surface area contributed by atoms with Crippen molar-refractivity contribution in [2.75, 3.05) is 6.61 Å². The minimum Gasteiger partial charge on any atom is -0.378 e. The van der Waals surface area contributed by atoms with Gasteiger partial charge in [-0.3, -0.25) is 4.79 Å². The van der Waals surface area contributed by atoms with Crippen LogP contribution in [0.15, 0.2) is 11.4 Å². The minimum atomic E-state index is -0.837. The van der Waals surface area contributed by atoms with E-state index in [0.29, 0.717) is 19.6 Å². The molecule has 1 aromatic rings. The van der Waals surface area contributed by atoms with E-state index >= 15 is 0 Å². The van der Waals surface area contributed by atoms with Crippen LogP contribution >= 0.6 is 11.3 Å². The van der Waals surface area contributed by atoms with Gasteiger partial charge in [0.05, 0.1) is 12.6 Å². The second kappa shape index (κ2) is 6.07. The Bertz CT molecular complexity index is 512. The Balaban J connectivity index is 1.98. The van der Waals surface area contributed by atoms with Crippen molar-refractivity contribution in [3.8, 4) is 0 Å². The molecule has 1 aliphatic carbocycles. The van der Waals surface area contributed by atoms with Crippen molar-refractivity contribution in [1.29, 1.82) is 0 Å². The van der Waals surface area contributed by atoms with Crippen LogP contribution in [0, 0.1) is 5.41 Å². The number of aryl methyl sites for hydroxylation is 1. The lowest BCUT2D eigenvalue weighted by Gasteiger charge is -2.57. The highest BCUT2D eigenvalue weighted by Gasteiger charge is 2.62. The quantitative estimate of drug-likeness (QED) is 0.848. The van der Waals surface area contributed by atoms with Crippen LogP contribution in [-0.4, -0.2) is 24.2 Å². The molecule has 0 saturated heterocycles. The number of hydrogen-bond donors (Lipinski definition) is 2. The zero-order chi connectivity index (χ0) is 15.7. The van der Waals surface area contributed by atoms with Crippen LogP contribution in [0.4, 0.5) is 0 Å². The normalized spacial score (nSPS) is 27.2. The molecule has 4 nitrogen and oxygen atoms in total. The highest BCUT2D eigenvalue weighted by Crippen LogP contribution is 2.49. The van der Waals surface area contributed by atoms with Crippen molar-refractivity contribution < 1.29 is 9.53 Å². The van der Waals surface area contributed by atoms with Gasteiger partial charge in [-0.25, -0.2) is 0 Å². The smallest absolute Gasteiger partial charge is 0.241 e. The van der Waals surface area contributed by atoms with E-state index < -0.39 is 5.54 Å². The maximum atomic E-state index is 12.5. The summed E-state index contributed by atoms with van der Waals surface area (Å²) in [5.74, 6) is -0.0705. The first-order valence-corrected chi connectivity index (χ1v) is 8.48. The third-order valence-electron chi connectivity index (χ3n) is 4.86. The highest BCUT2D eigenvalue weighted by molar-refractivity contribution is 7.10. The number of ether oxygens (including phenoxy) is 1. The molecule has 0 aliphatic heterocycles. The maximum absolute atomic E-state index is 12.5. The van der Waals surface area contributed by atoms with Gasteiger partial charge in [0.25, 0.3) is 0 Å². The summed E-state index contributed by atoms with van der Waals surface area (Å²) in [6, 6.07) is 2.11. The molecule has 3 N–H and O–H groups in total. The molecule has 1 aromatic heterocycles. The number of carbonyl (C=O) groups is 1. The Morgan fingerprint density at radius 1 is 1.52 bits per heavy atom. The van der Waals surface area contributed by atoms with Crippen molar-refractivity contribution in [3.63, 3.8) is 0 Å². The average Bonchev–Trinajstić information content (AvgIpc) is 2.91. The summed E-state index contributed by atoms with van der Waals surface area (Å²) in [6.45, 7) is 9.34. The molecule has 2 atom stereocenters. The molecule has 1 amide bonds. The van der Waals surface area contributed by atoms with E-state index in [9.17, 15) is 4.79 Å². The highest BCUT2D eigenvalue weighted by atomic mass is 32.1. The zero-order valence-electron chi connectivity index (χ0n) is 13.4. The fourth-order valence-corrected chi connectivity index (χ4v) is 3.89. The van der Waals surface area contributed by atoms with Crippen LogP contribution in [0.5, 0.6) is 0 Å². The van der Waals surface area contributed by atoms with Gasteiger partial charge in [0, 0.05) is 23.3 Å². The van der Waals surface area contributed by atoms with Gasteiger partial charge in [-0.1, -0.05) is 20.8 Å². The van der Waals surface area contributed by atoms with Gasteiger partial charge in [-0.2, -0.15) is 0 Å². The molecule has 1 aliphatic rings. The molecule has 0 radical (unpaired) electrons. The lowest BCUT2D eigenvalue weighted by atomic mass is 9.54. The number of nitrogens with two attached hydrogens (primary N) is 1. The predicted molar refractivity (Wildman–Crippen MR) is 86.3 cm³/mol. The first kappa shape index (κ1) is 16.5. The van der Waals surface area contributed by atoms with Gasteiger partial charge < -0.3 is 15.8 Å². The number of rotatable bonds is 6. The van der Waals surface area contributed by atoms with Crippen LogP contribution in [0.1, 0.15) is 44.6 Å². The summed E-state index contributed by atoms with van der Waals surface area (Å²) >= 11 is 1.68. The second-order valence-corrected chi connectivity index (χ2v) is 7.25. The summed E-state index contributed by atoms with van der Waals surface area (Å²) < 4.78 is 5.67. The van der Waals surface area contributed by atoms with E-state index in [4.69, 9.17) is 10.5 Å². The van der Waals surface area contributed by atoms with Crippen LogP contribution in [0.3, 0.4) is 0 Å². The molecule has 118 valence electrons. The Labute approximate surface area is 131 Å². The van der Waals surface area contributed by atoms with E-state index in [0.717, 1.165) is 6.42 Å². The number of hydrogen-bond acceptors (Lipinski definition) is 4. The summed E-state index contributed by atoms with van der Waals surface area (Å²) in [5.41, 5.74) is 6.49. The van der Waals surface area contributed by atoms with Crippen molar-refractivity contribution in [3.05, 3.63) is 21.9 Å². The van der Waals surface area contributed by atoms with Crippen LogP contribution in [0.2, 0.25) is 0 Å². The molecule has 0 spiro atoms. The molecular formula is C16H26N2O2S. The molecule has 1 heterocycles. The lowest BCUT2D eigenvalue weighted by Crippen LogP contribution is -2.75. The maximum Gasteiger partial charge on any atom is 0.241 e. The summed E-state index contributed by atoms with van der Waals surface area (Å²) in [5, 5.41) is 5.08. The van der Waals surface area contributed by atoms with E-state index in [1.54, 1.807) is 11.3 Å². The van der Waals surface area contributed by atoms with Gasteiger partial charge in [0.2, 0.25) is 5.91 Å². The van der Waals surface area contributed by atoms with Gasteiger partial charge in [-0.05, 0) is 30.4 Å². The largest absolute Gasteiger partial charge is 0.378 e. The molecule has 5 heteroatoms. The van der Waals surface area contributed by atoms with Crippen LogP contribution in [0.25, 0.3) is 0 Å². The minimum absolute atomic E-state index is 0.0613. The molecule has 2 rings (SSSR count). The molecule has 1 fully saturated rings. The van der Waals surface area contributed by atoms with E-state index in [-0.39, 0.29) is 17.4 Å². The molecule has 0 bridgehead atoms. The second-order valence-electron chi connectivity index (χ2n) is 6.25. The number of thiophene rings is 1. The Morgan fingerprint density at radius 3 is 2.81 bits per heavy atom. The SMILES string of the molecule is CCOC1CC(N)(C(=O)NCc2sccc2CC)C1(C)C. The van der Waals surface area contributed by atoms with Crippen molar-refractivity contribution in [2.24, 2.45) is 11.1 Å². The van der Waals surface area contributed by atoms with Gasteiger partial charge in [-0.15, -0.1) is 11.3 Å². The van der Waals surface area contributed by atoms with Gasteiger partial charge in [0.15, 0.2) is 0 Å². The van der Waals surface area contributed by atoms with Crippen molar-refractivity contribution in [1.82, 2.24) is 5.32 Å². The fraction of sp³-hybridized carbons (Fsp3) is 0.688. The molecule has 2 unspecified atom stereocenters. The summed E-state index contributed by atoms with van der Waals surface area (Å²) in [4.78, 5) is 13.7. The Hall–Kier alpha value is -0.910. The number of carbonyl (C=O) groups excluding carboxylic acids is 1. The summed E-state index contributed by atoms with van der Waals surface area (Å²) in [7, 11) is 0. The van der Waals surface area contributed by atoms with Crippen LogP contribution in [-0.2, 0) is 22.5 Å². The Morgan fingerprint density at radius 2 is 2.24 bits per heavy atom. The third kappa shape index (κ3) is 2.74. The van der Waals surface area contributed by atoms with E-state index in [1.165, 1.54) is 10.4 Å². The topological polar surface area (TPSA) is 64.3 Å². The third-order valence-corrected chi connectivity index (χ3v) is 5.83. The number of amides is 1. The average molecular weight is 310 g/mol. The molecular weight excluding hydrogens is 284 g/mol. The zero-order valence-corrected chi connectivity index (χ0v) is 14.2. The lowest BCUT2D eigenvalue weighted by molar-refractivity contribution is -0.170. The molecule has 1 saturated carbocycles. The number of nitrogens with one attached hydrogen (secondary N) is 1. The van der Waals surface area contributed by atoms with Crippen molar-refractivity contribution in [2.45, 2.75) is 58.7 Å².